The van der Waals surface area contributed by atoms with Gasteiger partial charge in [0.25, 0.3) is 0 Å². The Morgan fingerprint density at radius 1 is 0.867 bits per heavy atom. The van der Waals surface area contributed by atoms with Crippen LogP contribution in [-0.2, 0) is 0 Å². The van der Waals surface area contributed by atoms with Gasteiger partial charge in [-0.1, -0.05) is 110 Å². The fraction of sp³-hybridized carbons (Fsp3) is 1.00. The quantitative estimate of drug-likeness (QED) is 0.402. The van der Waals surface area contributed by atoms with Crippen LogP contribution >= 0.6 is 0 Å². The summed E-state index contributed by atoms with van der Waals surface area (Å²) in [6, 6.07) is 0. The smallest absolute Gasteiger partial charge is 0.0182 e. The maximum absolute atomic E-state index is 2.74. The van der Waals surface area contributed by atoms with E-state index in [9.17, 15) is 0 Å². The van der Waals surface area contributed by atoms with E-state index in [-0.39, 0.29) is 10.8 Å². The second-order valence-corrected chi connectivity index (χ2v) is 14.8. The minimum atomic E-state index is 0.244. The Kier molecular flexibility index (Phi) is 6.58. The molecule has 0 amide bonds. The van der Waals surface area contributed by atoms with Gasteiger partial charge in [0.15, 0.2) is 0 Å². The number of rotatable bonds is 6. The van der Waals surface area contributed by atoms with E-state index in [1.807, 2.05) is 0 Å². The Labute approximate surface area is 191 Å². The molecule has 0 radical (unpaired) electrons. The molecule has 7 atom stereocenters. The lowest BCUT2D eigenvalue weighted by atomic mass is 9.35. The second kappa shape index (κ2) is 7.52. The monoisotopic (exact) mass is 418 g/mol. The van der Waals surface area contributed by atoms with Gasteiger partial charge in [-0.25, -0.2) is 0 Å². The zero-order valence-electron chi connectivity index (χ0n) is 23.7. The van der Waals surface area contributed by atoms with E-state index < -0.39 is 0 Å². The largest absolute Gasteiger partial charge is 0.0654 e. The summed E-state index contributed by atoms with van der Waals surface area (Å²) in [5, 5.41) is 0. The predicted molar refractivity (Wildman–Crippen MR) is 136 cm³/mol. The molecular weight excluding hydrogens is 360 g/mol. The fourth-order valence-electron chi connectivity index (χ4n) is 9.53. The molecule has 0 nitrogen and oxygen atoms in total. The third-order valence-corrected chi connectivity index (χ3v) is 13.0. The number of hydrogen-bond acceptors (Lipinski definition) is 0. The van der Waals surface area contributed by atoms with E-state index in [1.54, 1.807) is 0 Å². The van der Waals surface area contributed by atoms with Gasteiger partial charge in [-0.15, -0.1) is 0 Å². The van der Waals surface area contributed by atoms with Gasteiger partial charge in [-0.3, -0.25) is 0 Å². The molecule has 0 aromatic rings. The van der Waals surface area contributed by atoms with Gasteiger partial charge in [0.1, 0.15) is 0 Å². The standard InChI is InChI=1S/C30H58/c1-16-17-23-24(25(6,7)8)22(5)30(15,29(23,14)20(2)3)27(11,12)26(9,10)28(13)19-18-21(28)4/h20-24H,16-19H2,1-15H3. The Bertz CT molecular complexity index is 616. The predicted octanol–water partition coefficient (Wildman–Crippen LogP) is 9.87. The van der Waals surface area contributed by atoms with E-state index in [0.717, 1.165) is 23.7 Å². The molecule has 30 heavy (non-hydrogen) atoms. The third-order valence-electron chi connectivity index (χ3n) is 13.0. The van der Waals surface area contributed by atoms with Crippen molar-refractivity contribution in [3.8, 4) is 0 Å². The molecule has 0 saturated heterocycles. The maximum atomic E-state index is 2.74. The molecular formula is C30H58. The molecule has 2 aliphatic rings. The topological polar surface area (TPSA) is 0 Å². The van der Waals surface area contributed by atoms with E-state index in [4.69, 9.17) is 0 Å². The zero-order valence-corrected chi connectivity index (χ0v) is 23.7. The molecule has 2 saturated carbocycles. The molecule has 0 bridgehead atoms. The van der Waals surface area contributed by atoms with Gasteiger partial charge in [0.05, 0.1) is 0 Å². The van der Waals surface area contributed by atoms with Crippen molar-refractivity contribution in [2.75, 3.05) is 0 Å². The lowest BCUT2D eigenvalue weighted by Crippen LogP contribution is -2.63. The van der Waals surface area contributed by atoms with Crippen LogP contribution in [0.2, 0.25) is 0 Å². The van der Waals surface area contributed by atoms with Gasteiger partial charge in [-0.05, 0) is 81.3 Å². The van der Waals surface area contributed by atoms with Crippen LogP contribution in [0, 0.1) is 62.1 Å². The summed E-state index contributed by atoms with van der Waals surface area (Å²) in [5.74, 6) is 3.81. The van der Waals surface area contributed by atoms with Crippen molar-refractivity contribution >= 4 is 0 Å². The molecule has 2 fully saturated rings. The summed E-state index contributed by atoms with van der Waals surface area (Å²) in [4.78, 5) is 0. The summed E-state index contributed by atoms with van der Waals surface area (Å²) < 4.78 is 0. The Morgan fingerprint density at radius 3 is 1.67 bits per heavy atom. The second-order valence-electron chi connectivity index (χ2n) is 14.8. The zero-order chi connectivity index (χ0) is 23.7. The Balaban J connectivity index is 2.79. The third kappa shape index (κ3) is 2.96. The average molecular weight is 419 g/mol. The van der Waals surface area contributed by atoms with Crippen molar-refractivity contribution in [3.05, 3.63) is 0 Å². The van der Waals surface area contributed by atoms with Gasteiger partial charge in [-0.2, -0.15) is 0 Å². The molecule has 7 unspecified atom stereocenters. The van der Waals surface area contributed by atoms with Crippen LogP contribution in [0.25, 0.3) is 0 Å². The molecule has 2 aliphatic carbocycles. The fourth-order valence-corrected chi connectivity index (χ4v) is 9.53. The summed E-state index contributed by atoms with van der Waals surface area (Å²) >= 11 is 0. The van der Waals surface area contributed by atoms with Crippen LogP contribution in [0.15, 0.2) is 0 Å². The SMILES string of the molecule is CCCC1C(C(C)(C)C)C(C)C(C)(C(C)(C)C(C)(C)C2(C)CCC2C)C1(C)C(C)C. The first-order valence-electron chi connectivity index (χ1n) is 13.3. The summed E-state index contributed by atoms with van der Waals surface area (Å²) in [7, 11) is 0. The van der Waals surface area contributed by atoms with E-state index in [0.29, 0.717) is 27.6 Å². The van der Waals surface area contributed by atoms with Crippen LogP contribution in [0.5, 0.6) is 0 Å². The normalized spacial score (nSPS) is 43.2. The summed E-state index contributed by atoms with van der Waals surface area (Å²) in [6.07, 6.45) is 5.49. The highest BCUT2D eigenvalue weighted by Crippen LogP contribution is 2.79. The van der Waals surface area contributed by atoms with Crippen LogP contribution in [0.1, 0.15) is 130 Å². The lowest BCUT2D eigenvalue weighted by Gasteiger charge is -2.69. The van der Waals surface area contributed by atoms with E-state index in [2.05, 4.69) is 104 Å². The van der Waals surface area contributed by atoms with Gasteiger partial charge in [0.2, 0.25) is 0 Å². The van der Waals surface area contributed by atoms with Crippen molar-refractivity contribution in [2.24, 2.45) is 62.1 Å². The highest BCUT2D eigenvalue weighted by Gasteiger charge is 2.73. The van der Waals surface area contributed by atoms with Crippen molar-refractivity contribution in [2.45, 2.75) is 130 Å². The molecule has 0 heteroatoms. The van der Waals surface area contributed by atoms with Crippen LogP contribution in [0.3, 0.4) is 0 Å². The van der Waals surface area contributed by atoms with Crippen molar-refractivity contribution in [1.82, 2.24) is 0 Å². The van der Waals surface area contributed by atoms with E-state index >= 15 is 0 Å². The summed E-state index contributed by atoms with van der Waals surface area (Å²) in [6.45, 7) is 38.9. The molecule has 0 N–H and O–H groups in total. The van der Waals surface area contributed by atoms with Crippen molar-refractivity contribution < 1.29 is 0 Å². The van der Waals surface area contributed by atoms with Crippen LogP contribution in [-0.4, -0.2) is 0 Å². The molecule has 0 aromatic heterocycles. The first kappa shape index (κ1) is 26.3. The lowest BCUT2D eigenvalue weighted by molar-refractivity contribution is -0.213. The van der Waals surface area contributed by atoms with Gasteiger partial charge < -0.3 is 0 Å². The van der Waals surface area contributed by atoms with Crippen molar-refractivity contribution in [3.63, 3.8) is 0 Å². The minimum Gasteiger partial charge on any atom is -0.0654 e. The first-order chi connectivity index (χ1) is 13.3. The molecule has 0 aliphatic heterocycles. The highest BCUT2D eigenvalue weighted by atomic mass is 14.8. The minimum absolute atomic E-state index is 0.244. The molecule has 178 valence electrons. The Morgan fingerprint density at radius 2 is 1.37 bits per heavy atom. The molecule has 0 heterocycles. The van der Waals surface area contributed by atoms with Crippen molar-refractivity contribution in [1.29, 1.82) is 0 Å². The number of hydrogen-bond donors (Lipinski definition) is 0. The summed E-state index contributed by atoms with van der Waals surface area (Å²) in [5.41, 5.74) is 1.95. The highest BCUT2D eigenvalue weighted by molar-refractivity contribution is 5.21. The average Bonchev–Trinajstić information content (AvgIpc) is 2.79. The first-order valence-corrected chi connectivity index (χ1v) is 13.3. The maximum Gasteiger partial charge on any atom is -0.0182 e. The van der Waals surface area contributed by atoms with E-state index in [1.165, 1.54) is 25.7 Å². The van der Waals surface area contributed by atoms with Crippen LogP contribution < -0.4 is 0 Å². The molecule has 0 spiro atoms. The molecule has 2 rings (SSSR count). The Hall–Kier alpha value is 0. The van der Waals surface area contributed by atoms with Gasteiger partial charge >= 0.3 is 0 Å². The van der Waals surface area contributed by atoms with Crippen LogP contribution in [0.4, 0.5) is 0 Å². The molecule has 0 aromatic carbocycles. The van der Waals surface area contributed by atoms with Gasteiger partial charge in [0, 0.05) is 0 Å².